The quantitative estimate of drug-likeness (QED) is 0.919. The number of benzene rings is 1. The lowest BCUT2D eigenvalue weighted by Gasteiger charge is -2.10. The Bertz CT molecular complexity index is 721. The first-order valence-electron chi connectivity index (χ1n) is 6.41. The molecule has 3 nitrogen and oxygen atoms in total. The van der Waals surface area contributed by atoms with Crippen LogP contribution < -0.4 is 5.32 Å². The predicted octanol–water partition coefficient (Wildman–Crippen LogP) is 3.44. The number of anilines is 1. The smallest absolute Gasteiger partial charge is 0.162 e. The molecule has 3 rings (SSSR count). The van der Waals surface area contributed by atoms with Crippen molar-refractivity contribution in [2.75, 3.05) is 11.9 Å². The van der Waals surface area contributed by atoms with Crippen LogP contribution in [-0.4, -0.2) is 17.3 Å². The molecule has 2 heterocycles. The lowest BCUT2D eigenvalue weighted by molar-refractivity contribution is -0.119. The number of nitrogens with one attached hydrogen (secondary N) is 1. The van der Waals surface area contributed by atoms with Gasteiger partial charge in [-0.25, -0.2) is 13.8 Å². The molecule has 1 atom stereocenters. The van der Waals surface area contributed by atoms with Gasteiger partial charge in [-0.2, -0.15) is 0 Å². The summed E-state index contributed by atoms with van der Waals surface area (Å²) < 4.78 is 27.6. The summed E-state index contributed by atoms with van der Waals surface area (Å²) in [6.45, 7) is 0.425. The molecule has 1 aliphatic rings. The van der Waals surface area contributed by atoms with Crippen LogP contribution in [0.15, 0.2) is 34.9 Å². The number of ketones is 1. The third kappa shape index (κ3) is 2.68. The van der Waals surface area contributed by atoms with Crippen molar-refractivity contribution in [2.45, 2.75) is 12.3 Å². The molecule has 0 amide bonds. The molecule has 0 saturated carbocycles. The summed E-state index contributed by atoms with van der Waals surface area (Å²) in [5, 5.41) is 3.05. The number of pyridine rings is 1. The summed E-state index contributed by atoms with van der Waals surface area (Å²) in [6, 6.07) is 5.70. The molecule has 0 spiro atoms. The van der Waals surface area contributed by atoms with Gasteiger partial charge in [-0.15, -0.1) is 0 Å². The normalized spacial score (nSPS) is 16.4. The van der Waals surface area contributed by atoms with E-state index in [1.807, 2.05) is 6.07 Å². The standard InChI is InChI=1S/C15H11BrF2N2O/c16-9-5-10-11(7-20-15(10)19-6-9)13(21)4-8-2-1-3-12(17)14(8)18/h1-3,5-6,11H,4,7H2,(H,19,20). The first-order chi connectivity index (χ1) is 10.1. The van der Waals surface area contributed by atoms with Crippen molar-refractivity contribution in [3.05, 3.63) is 57.7 Å². The molecule has 1 unspecified atom stereocenters. The van der Waals surface area contributed by atoms with Crippen LogP contribution in [0, 0.1) is 11.6 Å². The SMILES string of the molecule is O=C(Cc1cccc(F)c1F)C1CNc2ncc(Br)cc21. The Morgan fingerprint density at radius 3 is 3.05 bits per heavy atom. The lowest BCUT2D eigenvalue weighted by atomic mass is 9.93. The molecule has 0 saturated heterocycles. The Morgan fingerprint density at radius 2 is 2.24 bits per heavy atom. The van der Waals surface area contributed by atoms with E-state index < -0.39 is 17.6 Å². The highest BCUT2D eigenvalue weighted by atomic mass is 79.9. The van der Waals surface area contributed by atoms with Crippen molar-refractivity contribution >= 4 is 27.5 Å². The molecule has 21 heavy (non-hydrogen) atoms. The van der Waals surface area contributed by atoms with E-state index >= 15 is 0 Å². The Hall–Kier alpha value is -1.82. The monoisotopic (exact) mass is 352 g/mol. The molecule has 0 aliphatic carbocycles. The van der Waals surface area contributed by atoms with Gasteiger partial charge in [0, 0.05) is 29.2 Å². The van der Waals surface area contributed by atoms with Gasteiger partial charge in [0.15, 0.2) is 11.6 Å². The van der Waals surface area contributed by atoms with Crippen molar-refractivity contribution in [2.24, 2.45) is 0 Å². The van der Waals surface area contributed by atoms with Crippen molar-refractivity contribution < 1.29 is 13.6 Å². The van der Waals surface area contributed by atoms with Crippen LogP contribution in [0.4, 0.5) is 14.6 Å². The molecule has 2 aromatic rings. The van der Waals surface area contributed by atoms with Crippen molar-refractivity contribution in [1.29, 1.82) is 0 Å². The molecule has 1 N–H and O–H groups in total. The van der Waals surface area contributed by atoms with Gasteiger partial charge in [0.05, 0.1) is 5.92 Å². The van der Waals surface area contributed by atoms with E-state index in [0.717, 1.165) is 16.1 Å². The van der Waals surface area contributed by atoms with Crippen LogP contribution in [0.1, 0.15) is 17.0 Å². The maximum absolute atomic E-state index is 13.6. The summed E-state index contributed by atoms with van der Waals surface area (Å²) >= 11 is 3.32. The molecule has 0 fully saturated rings. The average molecular weight is 353 g/mol. The number of hydrogen-bond acceptors (Lipinski definition) is 3. The van der Waals surface area contributed by atoms with E-state index in [9.17, 15) is 13.6 Å². The number of Topliss-reactive ketones (excluding diaryl/α,β-unsaturated/α-hetero) is 1. The molecule has 0 bridgehead atoms. The zero-order valence-corrected chi connectivity index (χ0v) is 12.5. The summed E-state index contributed by atoms with van der Waals surface area (Å²) in [6.07, 6.45) is 1.51. The van der Waals surface area contributed by atoms with Crippen molar-refractivity contribution in [1.82, 2.24) is 4.98 Å². The Kier molecular flexibility index (Phi) is 3.71. The van der Waals surface area contributed by atoms with Gasteiger partial charge in [0.25, 0.3) is 0 Å². The maximum Gasteiger partial charge on any atom is 0.162 e. The number of aromatic nitrogens is 1. The molecular formula is C15H11BrF2N2O. The van der Waals surface area contributed by atoms with Crippen LogP contribution in [-0.2, 0) is 11.2 Å². The van der Waals surface area contributed by atoms with E-state index in [2.05, 4.69) is 26.2 Å². The van der Waals surface area contributed by atoms with E-state index in [1.165, 1.54) is 12.1 Å². The molecule has 1 aromatic carbocycles. The van der Waals surface area contributed by atoms with Crippen molar-refractivity contribution in [3.63, 3.8) is 0 Å². The second kappa shape index (κ2) is 5.52. The minimum Gasteiger partial charge on any atom is -0.369 e. The third-order valence-corrected chi connectivity index (χ3v) is 3.95. The van der Waals surface area contributed by atoms with Gasteiger partial charge in [0.1, 0.15) is 11.6 Å². The zero-order valence-electron chi connectivity index (χ0n) is 10.9. The van der Waals surface area contributed by atoms with E-state index in [4.69, 9.17) is 0 Å². The van der Waals surface area contributed by atoms with Crippen LogP contribution in [0.25, 0.3) is 0 Å². The van der Waals surface area contributed by atoms with Gasteiger partial charge in [-0.05, 0) is 33.6 Å². The fourth-order valence-corrected chi connectivity index (χ4v) is 2.81. The first-order valence-corrected chi connectivity index (χ1v) is 7.20. The Balaban J connectivity index is 1.85. The summed E-state index contributed by atoms with van der Waals surface area (Å²) in [4.78, 5) is 16.6. The first kappa shape index (κ1) is 14.1. The fourth-order valence-electron chi connectivity index (χ4n) is 2.46. The fraction of sp³-hybridized carbons (Fsp3) is 0.200. The van der Waals surface area contributed by atoms with Crippen LogP contribution in [0.5, 0.6) is 0 Å². The molecule has 6 heteroatoms. The third-order valence-electron chi connectivity index (χ3n) is 3.52. The van der Waals surface area contributed by atoms with Crippen molar-refractivity contribution in [3.8, 4) is 0 Å². The number of hydrogen-bond donors (Lipinski definition) is 1. The Morgan fingerprint density at radius 1 is 1.43 bits per heavy atom. The minimum atomic E-state index is -0.954. The number of fused-ring (bicyclic) bond motifs is 1. The van der Waals surface area contributed by atoms with Gasteiger partial charge in [-0.3, -0.25) is 4.79 Å². The number of carbonyl (C=O) groups is 1. The number of carbonyl (C=O) groups excluding carboxylic acids is 1. The molecule has 108 valence electrons. The summed E-state index contributed by atoms with van der Waals surface area (Å²) in [5.74, 6) is -1.78. The molecule has 1 aliphatic heterocycles. The number of nitrogens with zero attached hydrogens (tertiary/aromatic N) is 1. The van der Waals surface area contributed by atoms with Gasteiger partial charge in [-0.1, -0.05) is 12.1 Å². The Labute approximate surface area is 128 Å². The highest BCUT2D eigenvalue weighted by Crippen LogP contribution is 2.33. The second-order valence-corrected chi connectivity index (χ2v) is 5.80. The topological polar surface area (TPSA) is 42.0 Å². The molecule has 0 radical (unpaired) electrons. The summed E-state index contributed by atoms with van der Waals surface area (Å²) in [7, 11) is 0. The van der Waals surface area contributed by atoms with E-state index in [-0.39, 0.29) is 17.8 Å². The van der Waals surface area contributed by atoms with Crippen LogP contribution in [0.2, 0.25) is 0 Å². The second-order valence-electron chi connectivity index (χ2n) is 4.88. The number of rotatable bonds is 3. The molecular weight excluding hydrogens is 342 g/mol. The molecule has 1 aromatic heterocycles. The predicted molar refractivity (Wildman–Crippen MR) is 78.2 cm³/mol. The summed E-state index contributed by atoms with van der Waals surface area (Å²) in [5.41, 5.74) is 0.864. The van der Waals surface area contributed by atoms with E-state index in [1.54, 1.807) is 6.20 Å². The lowest BCUT2D eigenvalue weighted by Crippen LogP contribution is -2.17. The number of halogens is 3. The van der Waals surface area contributed by atoms with Gasteiger partial charge >= 0.3 is 0 Å². The van der Waals surface area contributed by atoms with Crippen LogP contribution >= 0.6 is 15.9 Å². The van der Waals surface area contributed by atoms with E-state index in [0.29, 0.717) is 12.4 Å². The van der Waals surface area contributed by atoms with Gasteiger partial charge < -0.3 is 5.32 Å². The zero-order chi connectivity index (χ0) is 15.0. The highest BCUT2D eigenvalue weighted by Gasteiger charge is 2.30. The highest BCUT2D eigenvalue weighted by molar-refractivity contribution is 9.10. The van der Waals surface area contributed by atoms with Crippen LogP contribution in [0.3, 0.4) is 0 Å². The van der Waals surface area contributed by atoms with Gasteiger partial charge in [0.2, 0.25) is 0 Å². The maximum atomic E-state index is 13.6. The average Bonchev–Trinajstić information content (AvgIpc) is 2.87. The minimum absolute atomic E-state index is 0.0800. The largest absolute Gasteiger partial charge is 0.369 e.